The Morgan fingerprint density at radius 1 is 1.50 bits per heavy atom. The number of rotatable bonds is 7. The van der Waals surface area contributed by atoms with Gasteiger partial charge in [0.2, 0.25) is 5.88 Å². The monoisotopic (exact) mass is 300 g/mol. The van der Waals surface area contributed by atoms with Crippen molar-refractivity contribution in [3.63, 3.8) is 0 Å². The minimum atomic E-state index is -1.10. The largest absolute Gasteiger partial charge is 0.492 e. The van der Waals surface area contributed by atoms with Crippen LogP contribution in [0.3, 0.4) is 0 Å². The third kappa shape index (κ3) is 4.18. The molecular formula is C13H17ClN2O4. The molecule has 0 saturated carbocycles. The van der Waals surface area contributed by atoms with Gasteiger partial charge in [-0.15, -0.1) is 0 Å². The number of nitrogens with zero attached hydrogens (tertiary/aromatic N) is 1. The number of aromatic nitrogens is 1. The van der Waals surface area contributed by atoms with E-state index in [1.807, 2.05) is 6.92 Å². The van der Waals surface area contributed by atoms with Crippen LogP contribution in [0.5, 0.6) is 5.88 Å². The van der Waals surface area contributed by atoms with Gasteiger partial charge in [-0.2, -0.15) is 0 Å². The Hall–Kier alpha value is -1.66. The van der Waals surface area contributed by atoms with Gasteiger partial charge in [0, 0.05) is 11.8 Å². The molecule has 0 aliphatic carbocycles. The highest BCUT2D eigenvalue weighted by Gasteiger charge is 2.28. The maximum absolute atomic E-state index is 12.3. The quantitative estimate of drug-likeness (QED) is 0.451. The van der Waals surface area contributed by atoms with Gasteiger partial charge in [0.05, 0.1) is 6.61 Å². The van der Waals surface area contributed by atoms with Crippen LogP contribution in [0.1, 0.15) is 30.6 Å². The van der Waals surface area contributed by atoms with Crippen molar-refractivity contribution in [2.75, 3.05) is 13.2 Å². The van der Waals surface area contributed by atoms with Crippen LogP contribution < -0.4 is 5.32 Å². The summed E-state index contributed by atoms with van der Waals surface area (Å²) in [6, 6.07) is 0.170. The molecule has 1 unspecified atom stereocenters. The molecule has 1 rings (SSSR count). The second-order valence-electron chi connectivity index (χ2n) is 4.03. The number of hydrogen-bond donors (Lipinski definition) is 2. The number of halogens is 1. The molecule has 1 aromatic rings. The summed E-state index contributed by atoms with van der Waals surface area (Å²) in [5.74, 6) is -1.50. The molecule has 0 aromatic carbocycles. The minimum Gasteiger partial charge on any atom is -0.492 e. The standard InChI is InChI=1S/C13H17ClN2O4/c1-3-5-15-10(13(19)20-4-2)11(17)8-6-9(14)12(18)16-7-8/h6-7,10,15H,3-5H2,1-2H3,(H,16,18). The number of carbonyl (C=O) groups excluding carboxylic acids is 2. The maximum Gasteiger partial charge on any atom is 0.331 e. The predicted molar refractivity (Wildman–Crippen MR) is 74.0 cm³/mol. The van der Waals surface area contributed by atoms with Crippen molar-refractivity contribution in [3.05, 3.63) is 22.8 Å². The molecule has 0 saturated heterocycles. The van der Waals surface area contributed by atoms with Gasteiger partial charge in [-0.25, -0.2) is 9.78 Å². The van der Waals surface area contributed by atoms with Crippen LogP contribution in [0.15, 0.2) is 12.3 Å². The fraction of sp³-hybridized carbons (Fsp3) is 0.462. The number of Topliss-reactive ketones (excluding diaryl/α,β-unsaturated/α-hetero) is 1. The number of ether oxygens (including phenoxy) is 1. The Morgan fingerprint density at radius 2 is 2.20 bits per heavy atom. The lowest BCUT2D eigenvalue weighted by Crippen LogP contribution is -2.45. The van der Waals surface area contributed by atoms with Gasteiger partial charge < -0.3 is 9.84 Å². The Kier molecular flexibility index (Phi) is 6.41. The zero-order chi connectivity index (χ0) is 15.1. The molecule has 1 heterocycles. The fourth-order valence-electron chi connectivity index (χ4n) is 1.53. The number of hydrogen-bond acceptors (Lipinski definition) is 6. The van der Waals surface area contributed by atoms with Crippen molar-refractivity contribution in [1.82, 2.24) is 10.3 Å². The first-order chi connectivity index (χ1) is 9.51. The summed E-state index contributed by atoms with van der Waals surface area (Å²) in [7, 11) is 0. The Balaban J connectivity index is 2.96. The highest BCUT2D eigenvalue weighted by molar-refractivity contribution is 6.32. The fourth-order valence-corrected chi connectivity index (χ4v) is 1.70. The molecule has 20 heavy (non-hydrogen) atoms. The SMILES string of the molecule is CCCNC(C(=O)OCC)C(=O)c1cnc(O)c(Cl)c1. The summed E-state index contributed by atoms with van der Waals surface area (Å²) in [6.07, 6.45) is 1.93. The van der Waals surface area contributed by atoms with Crippen LogP contribution in [-0.2, 0) is 9.53 Å². The first-order valence-corrected chi connectivity index (χ1v) is 6.67. The lowest BCUT2D eigenvalue weighted by molar-refractivity contribution is -0.144. The molecule has 6 nitrogen and oxygen atoms in total. The Bertz CT molecular complexity index is 493. The molecule has 110 valence electrons. The lowest BCUT2D eigenvalue weighted by atomic mass is 10.1. The topological polar surface area (TPSA) is 88.5 Å². The number of pyridine rings is 1. The summed E-state index contributed by atoms with van der Waals surface area (Å²) in [5.41, 5.74) is 0.134. The van der Waals surface area contributed by atoms with Gasteiger partial charge in [-0.1, -0.05) is 18.5 Å². The molecule has 0 fully saturated rings. The minimum absolute atomic E-state index is 0.0473. The summed E-state index contributed by atoms with van der Waals surface area (Å²) < 4.78 is 4.87. The van der Waals surface area contributed by atoms with E-state index in [-0.39, 0.29) is 23.1 Å². The Labute approximate surface area is 122 Å². The number of aromatic hydroxyl groups is 1. The van der Waals surface area contributed by atoms with Crippen LogP contribution in [-0.4, -0.2) is 41.0 Å². The molecular weight excluding hydrogens is 284 g/mol. The maximum atomic E-state index is 12.3. The van der Waals surface area contributed by atoms with E-state index in [1.165, 1.54) is 12.3 Å². The summed E-state index contributed by atoms with van der Waals surface area (Å²) in [6.45, 7) is 4.26. The van der Waals surface area contributed by atoms with E-state index >= 15 is 0 Å². The normalized spacial score (nSPS) is 11.9. The van der Waals surface area contributed by atoms with Crippen LogP contribution in [0.4, 0.5) is 0 Å². The number of nitrogens with one attached hydrogen (secondary N) is 1. The highest BCUT2D eigenvalue weighted by atomic mass is 35.5. The van der Waals surface area contributed by atoms with Gasteiger partial charge in [0.1, 0.15) is 5.02 Å². The molecule has 2 N–H and O–H groups in total. The first-order valence-electron chi connectivity index (χ1n) is 6.30. The zero-order valence-electron chi connectivity index (χ0n) is 11.4. The molecule has 0 radical (unpaired) electrons. The third-order valence-electron chi connectivity index (χ3n) is 2.49. The van der Waals surface area contributed by atoms with Crippen molar-refractivity contribution in [1.29, 1.82) is 0 Å². The lowest BCUT2D eigenvalue weighted by Gasteiger charge is -2.15. The summed E-state index contributed by atoms with van der Waals surface area (Å²) in [5, 5.41) is 12.0. The van der Waals surface area contributed by atoms with Crippen molar-refractivity contribution in [2.24, 2.45) is 0 Å². The second-order valence-corrected chi connectivity index (χ2v) is 4.44. The van der Waals surface area contributed by atoms with Gasteiger partial charge in [0.15, 0.2) is 11.8 Å². The van der Waals surface area contributed by atoms with Crippen molar-refractivity contribution < 1.29 is 19.4 Å². The number of carbonyl (C=O) groups is 2. The van der Waals surface area contributed by atoms with Gasteiger partial charge in [-0.3, -0.25) is 10.1 Å². The van der Waals surface area contributed by atoms with Crippen LogP contribution in [0.2, 0.25) is 5.02 Å². The van der Waals surface area contributed by atoms with E-state index < -0.39 is 17.8 Å². The van der Waals surface area contributed by atoms with Gasteiger partial charge in [-0.05, 0) is 26.0 Å². The number of ketones is 1. The molecule has 1 aromatic heterocycles. The van der Waals surface area contributed by atoms with Crippen molar-refractivity contribution >= 4 is 23.4 Å². The molecule has 0 aliphatic heterocycles. The summed E-state index contributed by atoms with van der Waals surface area (Å²) >= 11 is 5.71. The smallest absolute Gasteiger partial charge is 0.331 e. The van der Waals surface area contributed by atoms with Gasteiger partial charge in [0.25, 0.3) is 0 Å². The molecule has 0 amide bonds. The van der Waals surface area contributed by atoms with Gasteiger partial charge >= 0.3 is 5.97 Å². The van der Waals surface area contributed by atoms with E-state index in [2.05, 4.69) is 10.3 Å². The highest BCUT2D eigenvalue weighted by Crippen LogP contribution is 2.21. The van der Waals surface area contributed by atoms with Crippen molar-refractivity contribution in [2.45, 2.75) is 26.3 Å². The van der Waals surface area contributed by atoms with E-state index in [1.54, 1.807) is 6.92 Å². The molecule has 0 aliphatic rings. The summed E-state index contributed by atoms with van der Waals surface area (Å²) in [4.78, 5) is 27.7. The van der Waals surface area contributed by atoms with E-state index in [9.17, 15) is 14.7 Å². The molecule has 0 spiro atoms. The molecule has 1 atom stereocenters. The van der Waals surface area contributed by atoms with E-state index in [0.29, 0.717) is 6.54 Å². The van der Waals surface area contributed by atoms with Crippen molar-refractivity contribution in [3.8, 4) is 5.88 Å². The predicted octanol–water partition coefficient (Wildman–Crippen LogP) is 1.55. The van der Waals surface area contributed by atoms with Crippen LogP contribution >= 0.6 is 11.6 Å². The van der Waals surface area contributed by atoms with E-state index in [4.69, 9.17) is 16.3 Å². The average molecular weight is 301 g/mol. The third-order valence-corrected chi connectivity index (χ3v) is 2.77. The first kappa shape index (κ1) is 16.4. The van der Waals surface area contributed by atoms with Crippen LogP contribution in [0.25, 0.3) is 0 Å². The average Bonchev–Trinajstić information content (AvgIpc) is 2.42. The Morgan fingerprint density at radius 3 is 2.75 bits per heavy atom. The number of esters is 1. The molecule has 0 bridgehead atoms. The van der Waals surface area contributed by atoms with E-state index in [0.717, 1.165) is 6.42 Å². The molecule has 7 heteroatoms. The van der Waals surface area contributed by atoms with Crippen LogP contribution in [0, 0.1) is 0 Å². The zero-order valence-corrected chi connectivity index (χ0v) is 12.1. The second kappa shape index (κ2) is 7.81.